The number of thiazole rings is 1. The SMILES string of the molecule is Cc1csc(CC(=O)c2cccc(Cl)c2Cl)n1. The first-order valence-corrected chi connectivity index (χ1v) is 6.59. The minimum absolute atomic E-state index is 0.0631. The molecule has 0 aliphatic heterocycles. The summed E-state index contributed by atoms with van der Waals surface area (Å²) < 4.78 is 0. The maximum absolute atomic E-state index is 12.0. The number of nitrogens with zero attached hydrogens (tertiary/aromatic N) is 1. The Labute approximate surface area is 113 Å². The highest BCUT2D eigenvalue weighted by Crippen LogP contribution is 2.26. The highest BCUT2D eigenvalue weighted by molar-refractivity contribution is 7.09. The number of halogens is 2. The van der Waals surface area contributed by atoms with Crippen molar-refractivity contribution in [3.05, 3.63) is 49.9 Å². The second-order valence-corrected chi connectivity index (χ2v) is 5.31. The molecule has 0 amide bonds. The van der Waals surface area contributed by atoms with Crippen LogP contribution in [0.25, 0.3) is 0 Å². The number of ketones is 1. The van der Waals surface area contributed by atoms with Gasteiger partial charge < -0.3 is 0 Å². The van der Waals surface area contributed by atoms with Gasteiger partial charge >= 0.3 is 0 Å². The molecule has 17 heavy (non-hydrogen) atoms. The van der Waals surface area contributed by atoms with Crippen molar-refractivity contribution in [3.63, 3.8) is 0 Å². The van der Waals surface area contributed by atoms with Crippen LogP contribution in [0.3, 0.4) is 0 Å². The number of hydrogen-bond acceptors (Lipinski definition) is 3. The summed E-state index contributed by atoms with van der Waals surface area (Å²) >= 11 is 13.3. The van der Waals surface area contributed by atoms with Gasteiger partial charge in [0.05, 0.1) is 16.5 Å². The Hall–Kier alpha value is -0.900. The topological polar surface area (TPSA) is 30.0 Å². The number of aromatic nitrogens is 1. The van der Waals surface area contributed by atoms with Gasteiger partial charge in [-0.25, -0.2) is 4.98 Å². The van der Waals surface area contributed by atoms with Crippen LogP contribution in [0.4, 0.5) is 0 Å². The minimum atomic E-state index is -0.0631. The van der Waals surface area contributed by atoms with Crippen molar-refractivity contribution >= 4 is 40.3 Å². The van der Waals surface area contributed by atoms with Crippen LogP contribution in [0.1, 0.15) is 21.1 Å². The first-order chi connectivity index (χ1) is 8.08. The lowest BCUT2D eigenvalue weighted by molar-refractivity contribution is 0.0993. The summed E-state index contributed by atoms with van der Waals surface area (Å²) in [5.41, 5.74) is 1.38. The molecule has 1 heterocycles. The quantitative estimate of drug-likeness (QED) is 0.792. The van der Waals surface area contributed by atoms with E-state index >= 15 is 0 Å². The third-order valence-electron chi connectivity index (χ3n) is 2.23. The number of hydrogen-bond donors (Lipinski definition) is 0. The Morgan fingerprint density at radius 3 is 2.82 bits per heavy atom. The van der Waals surface area contributed by atoms with Crippen molar-refractivity contribution in [2.45, 2.75) is 13.3 Å². The Kier molecular flexibility index (Phi) is 3.82. The highest BCUT2D eigenvalue weighted by Gasteiger charge is 2.14. The Morgan fingerprint density at radius 2 is 2.18 bits per heavy atom. The van der Waals surface area contributed by atoms with E-state index in [4.69, 9.17) is 23.2 Å². The van der Waals surface area contributed by atoms with Gasteiger partial charge in [0.1, 0.15) is 5.01 Å². The van der Waals surface area contributed by atoms with Crippen LogP contribution in [0.15, 0.2) is 23.6 Å². The van der Waals surface area contributed by atoms with E-state index in [9.17, 15) is 4.79 Å². The number of Topliss-reactive ketones (excluding diaryl/α,β-unsaturated/α-hetero) is 1. The maximum atomic E-state index is 12.0. The van der Waals surface area contributed by atoms with Gasteiger partial charge in [-0.3, -0.25) is 4.79 Å². The molecule has 0 fully saturated rings. The molecule has 0 aliphatic rings. The van der Waals surface area contributed by atoms with Crippen molar-refractivity contribution in [1.29, 1.82) is 0 Å². The average molecular weight is 286 g/mol. The van der Waals surface area contributed by atoms with Gasteiger partial charge in [-0.1, -0.05) is 29.3 Å². The van der Waals surface area contributed by atoms with E-state index in [1.54, 1.807) is 18.2 Å². The third-order valence-corrected chi connectivity index (χ3v) is 4.02. The molecule has 0 aliphatic carbocycles. The second-order valence-electron chi connectivity index (χ2n) is 3.58. The zero-order valence-corrected chi connectivity index (χ0v) is 11.4. The smallest absolute Gasteiger partial charge is 0.171 e. The van der Waals surface area contributed by atoms with E-state index in [0.29, 0.717) is 15.6 Å². The summed E-state index contributed by atoms with van der Waals surface area (Å²) in [7, 11) is 0. The van der Waals surface area contributed by atoms with Gasteiger partial charge in [0, 0.05) is 16.6 Å². The molecule has 2 aromatic rings. The molecule has 1 aromatic heterocycles. The first-order valence-electron chi connectivity index (χ1n) is 4.96. The molecule has 1 aromatic carbocycles. The maximum Gasteiger partial charge on any atom is 0.171 e. The minimum Gasteiger partial charge on any atom is -0.294 e. The normalized spacial score (nSPS) is 10.5. The lowest BCUT2D eigenvalue weighted by Gasteiger charge is -2.03. The Morgan fingerprint density at radius 1 is 1.41 bits per heavy atom. The van der Waals surface area contributed by atoms with Crippen LogP contribution in [-0.2, 0) is 6.42 Å². The fourth-order valence-corrected chi connectivity index (χ4v) is 2.61. The predicted molar refractivity (Wildman–Crippen MR) is 71.3 cm³/mol. The van der Waals surface area contributed by atoms with Crippen LogP contribution >= 0.6 is 34.5 Å². The van der Waals surface area contributed by atoms with Crippen molar-refractivity contribution in [2.75, 3.05) is 0 Å². The Balaban J connectivity index is 2.23. The summed E-state index contributed by atoms with van der Waals surface area (Å²) in [5, 5.41) is 3.42. The van der Waals surface area contributed by atoms with E-state index in [2.05, 4.69) is 4.98 Å². The van der Waals surface area contributed by atoms with Crippen LogP contribution < -0.4 is 0 Å². The standard InChI is InChI=1S/C12H9Cl2NOS/c1-7-6-17-11(15-7)5-10(16)8-3-2-4-9(13)12(8)14/h2-4,6H,5H2,1H3. The fourth-order valence-electron chi connectivity index (χ4n) is 1.44. The lowest BCUT2D eigenvalue weighted by Crippen LogP contribution is -2.04. The largest absolute Gasteiger partial charge is 0.294 e. The van der Waals surface area contributed by atoms with E-state index < -0.39 is 0 Å². The summed E-state index contributed by atoms with van der Waals surface area (Å²) in [6.45, 7) is 1.90. The van der Waals surface area contributed by atoms with Crippen molar-refractivity contribution in [3.8, 4) is 0 Å². The van der Waals surface area contributed by atoms with Gasteiger partial charge in [0.15, 0.2) is 5.78 Å². The summed E-state index contributed by atoms with van der Waals surface area (Å²) in [6.07, 6.45) is 0.262. The molecule has 0 spiro atoms. The number of aryl methyl sites for hydroxylation is 1. The predicted octanol–water partition coefficient (Wildman–Crippen LogP) is 4.18. The van der Waals surface area contributed by atoms with E-state index in [0.717, 1.165) is 10.7 Å². The molecule has 0 radical (unpaired) electrons. The molecule has 0 atom stereocenters. The van der Waals surface area contributed by atoms with Crippen LogP contribution in [-0.4, -0.2) is 10.8 Å². The lowest BCUT2D eigenvalue weighted by atomic mass is 10.1. The highest BCUT2D eigenvalue weighted by atomic mass is 35.5. The molecule has 0 N–H and O–H groups in total. The number of benzene rings is 1. The monoisotopic (exact) mass is 285 g/mol. The number of carbonyl (C=O) groups excluding carboxylic acids is 1. The molecular weight excluding hydrogens is 277 g/mol. The molecule has 0 unspecified atom stereocenters. The zero-order valence-electron chi connectivity index (χ0n) is 9.04. The van der Waals surface area contributed by atoms with Crippen LogP contribution in [0, 0.1) is 6.92 Å². The van der Waals surface area contributed by atoms with E-state index in [-0.39, 0.29) is 12.2 Å². The molecule has 2 rings (SSSR count). The third kappa shape index (κ3) is 2.86. The molecule has 0 saturated heterocycles. The summed E-state index contributed by atoms with van der Waals surface area (Å²) in [5.74, 6) is -0.0631. The summed E-state index contributed by atoms with van der Waals surface area (Å²) in [6, 6.07) is 5.06. The molecule has 0 saturated carbocycles. The average Bonchev–Trinajstić information content (AvgIpc) is 2.68. The fraction of sp³-hybridized carbons (Fsp3) is 0.167. The second kappa shape index (κ2) is 5.17. The van der Waals surface area contributed by atoms with Crippen LogP contribution in [0.2, 0.25) is 10.0 Å². The van der Waals surface area contributed by atoms with Crippen molar-refractivity contribution in [2.24, 2.45) is 0 Å². The van der Waals surface area contributed by atoms with E-state index in [1.165, 1.54) is 11.3 Å². The van der Waals surface area contributed by atoms with Gasteiger partial charge in [-0.2, -0.15) is 0 Å². The van der Waals surface area contributed by atoms with E-state index in [1.807, 2.05) is 12.3 Å². The van der Waals surface area contributed by atoms with Gasteiger partial charge in [0.2, 0.25) is 0 Å². The van der Waals surface area contributed by atoms with Crippen molar-refractivity contribution in [1.82, 2.24) is 4.98 Å². The summed E-state index contributed by atoms with van der Waals surface area (Å²) in [4.78, 5) is 16.3. The van der Waals surface area contributed by atoms with Gasteiger partial charge in [-0.15, -0.1) is 11.3 Å². The van der Waals surface area contributed by atoms with Gasteiger partial charge in [0.25, 0.3) is 0 Å². The zero-order chi connectivity index (χ0) is 12.4. The molecule has 5 heteroatoms. The first kappa shape index (κ1) is 12.6. The molecule has 88 valence electrons. The van der Waals surface area contributed by atoms with Crippen LogP contribution in [0.5, 0.6) is 0 Å². The molecule has 2 nitrogen and oxygen atoms in total. The molecule has 0 bridgehead atoms. The number of rotatable bonds is 3. The molecular formula is C12H9Cl2NOS. The van der Waals surface area contributed by atoms with Gasteiger partial charge in [-0.05, 0) is 19.1 Å². The Bertz CT molecular complexity index is 565. The number of carbonyl (C=O) groups is 1. The van der Waals surface area contributed by atoms with Crippen molar-refractivity contribution < 1.29 is 4.79 Å².